The first-order valence-corrected chi connectivity index (χ1v) is 8.91. The second kappa shape index (κ2) is 6.78. The Balaban J connectivity index is 1.80. The number of nitriles is 1. The molecule has 2 atom stereocenters. The van der Waals surface area contributed by atoms with E-state index in [4.69, 9.17) is 0 Å². The zero-order chi connectivity index (χ0) is 19.9. The van der Waals surface area contributed by atoms with Gasteiger partial charge in [-0.05, 0) is 25.3 Å². The number of rotatable bonds is 3. The minimum Gasteiger partial charge on any atom is -0.352 e. The van der Waals surface area contributed by atoms with Gasteiger partial charge in [-0.15, -0.1) is 5.10 Å². The van der Waals surface area contributed by atoms with Gasteiger partial charge in [0.1, 0.15) is 5.82 Å². The Morgan fingerprint density at radius 1 is 1.21 bits per heavy atom. The molecule has 0 N–H and O–H groups in total. The van der Waals surface area contributed by atoms with Crippen molar-refractivity contribution in [3.05, 3.63) is 53.5 Å². The van der Waals surface area contributed by atoms with Crippen LogP contribution in [0.1, 0.15) is 35.8 Å². The SMILES string of the molecule is Cc1cc(N2CCCC2C(C#N)c2ccccc2)n2nc(C(F)(F)F)nc2n1. The molecule has 2 unspecified atom stereocenters. The Kier molecular flexibility index (Phi) is 4.41. The van der Waals surface area contributed by atoms with Crippen molar-refractivity contribution in [1.29, 1.82) is 5.26 Å². The van der Waals surface area contributed by atoms with E-state index in [1.165, 1.54) is 0 Å². The lowest BCUT2D eigenvalue weighted by atomic mass is 9.91. The molecule has 3 heterocycles. The lowest BCUT2D eigenvalue weighted by molar-refractivity contribution is -0.144. The molecule has 0 radical (unpaired) electrons. The molecule has 0 saturated carbocycles. The molecule has 1 aliphatic rings. The first kappa shape index (κ1) is 18.2. The number of aromatic nitrogens is 4. The Bertz CT molecular complexity index is 1040. The van der Waals surface area contributed by atoms with Crippen LogP contribution in [0.2, 0.25) is 0 Å². The van der Waals surface area contributed by atoms with Crippen LogP contribution in [0.3, 0.4) is 0 Å². The topological polar surface area (TPSA) is 70.1 Å². The average molecular weight is 386 g/mol. The molecule has 1 aromatic carbocycles. The Morgan fingerprint density at radius 3 is 2.64 bits per heavy atom. The maximum Gasteiger partial charge on any atom is 0.453 e. The van der Waals surface area contributed by atoms with Crippen LogP contribution in [0.25, 0.3) is 5.78 Å². The quantitative estimate of drug-likeness (QED) is 0.686. The molecule has 9 heteroatoms. The molecule has 2 aromatic heterocycles. The molecule has 28 heavy (non-hydrogen) atoms. The molecular formula is C19H17F3N6. The molecule has 0 bridgehead atoms. The second-order valence-corrected chi connectivity index (χ2v) is 6.82. The molecule has 1 saturated heterocycles. The van der Waals surface area contributed by atoms with E-state index in [0.717, 1.165) is 22.9 Å². The van der Waals surface area contributed by atoms with Crippen molar-refractivity contribution in [1.82, 2.24) is 19.6 Å². The smallest absolute Gasteiger partial charge is 0.352 e. The number of anilines is 1. The van der Waals surface area contributed by atoms with Crippen molar-refractivity contribution < 1.29 is 13.2 Å². The third kappa shape index (κ3) is 3.15. The maximum absolute atomic E-state index is 13.1. The van der Waals surface area contributed by atoms with Crippen LogP contribution in [0.4, 0.5) is 19.0 Å². The number of aryl methyl sites for hydroxylation is 1. The predicted molar refractivity (Wildman–Crippen MR) is 95.7 cm³/mol. The van der Waals surface area contributed by atoms with Crippen LogP contribution in [0.15, 0.2) is 36.4 Å². The van der Waals surface area contributed by atoms with Crippen molar-refractivity contribution in [2.45, 2.75) is 37.9 Å². The standard InChI is InChI=1S/C19H17F3N6/c1-12-10-16(28-18(24-12)25-17(26-28)19(20,21)22)27-9-5-8-15(27)14(11-23)13-6-3-2-4-7-13/h2-4,6-7,10,14-15H,5,8-9H2,1H3. The van der Waals surface area contributed by atoms with E-state index in [1.807, 2.05) is 35.2 Å². The van der Waals surface area contributed by atoms with E-state index >= 15 is 0 Å². The summed E-state index contributed by atoms with van der Waals surface area (Å²) in [6, 6.07) is 13.3. The van der Waals surface area contributed by atoms with Gasteiger partial charge in [0.2, 0.25) is 0 Å². The summed E-state index contributed by atoms with van der Waals surface area (Å²) in [4.78, 5) is 9.59. The number of hydrogen-bond acceptors (Lipinski definition) is 5. The monoisotopic (exact) mass is 386 g/mol. The van der Waals surface area contributed by atoms with Crippen molar-refractivity contribution in [3.8, 4) is 6.07 Å². The zero-order valence-electron chi connectivity index (χ0n) is 15.1. The van der Waals surface area contributed by atoms with Gasteiger partial charge in [-0.3, -0.25) is 0 Å². The minimum absolute atomic E-state index is 0.0961. The normalized spacial score (nSPS) is 18.4. The lowest BCUT2D eigenvalue weighted by Gasteiger charge is -2.30. The van der Waals surface area contributed by atoms with Crippen LogP contribution in [0, 0.1) is 18.3 Å². The van der Waals surface area contributed by atoms with Gasteiger partial charge in [-0.25, -0.2) is 4.98 Å². The number of benzene rings is 1. The molecular weight excluding hydrogens is 369 g/mol. The van der Waals surface area contributed by atoms with Gasteiger partial charge in [0, 0.05) is 18.3 Å². The fraction of sp³-hybridized carbons (Fsp3) is 0.368. The van der Waals surface area contributed by atoms with Gasteiger partial charge >= 0.3 is 6.18 Å². The third-order valence-electron chi connectivity index (χ3n) is 4.95. The number of halogens is 3. The molecule has 0 amide bonds. The Hall–Kier alpha value is -3.15. The summed E-state index contributed by atoms with van der Waals surface area (Å²) in [5.41, 5.74) is 1.43. The first-order valence-electron chi connectivity index (χ1n) is 8.91. The van der Waals surface area contributed by atoms with Crippen LogP contribution in [-0.4, -0.2) is 32.2 Å². The van der Waals surface area contributed by atoms with Crippen molar-refractivity contribution in [2.75, 3.05) is 11.4 Å². The molecule has 4 rings (SSSR count). The number of fused-ring (bicyclic) bond motifs is 1. The van der Waals surface area contributed by atoms with Gasteiger partial charge in [0.15, 0.2) is 0 Å². The predicted octanol–water partition coefficient (Wildman–Crippen LogP) is 3.73. The highest BCUT2D eigenvalue weighted by atomic mass is 19.4. The fourth-order valence-electron chi connectivity index (χ4n) is 3.76. The van der Waals surface area contributed by atoms with E-state index < -0.39 is 17.9 Å². The van der Waals surface area contributed by atoms with Crippen molar-refractivity contribution in [3.63, 3.8) is 0 Å². The van der Waals surface area contributed by atoms with Gasteiger partial charge in [0.05, 0.1) is 18.0 Å². The van der Waals surface area contributed by atoms with Gasteiger partial charge < -0.3 is 4.90 Å². The summed E-state index contributed by atoms with van der Waals surface area (Å²) in [6.07, 6.45) is -3.06. The third-order valence-corrected chi connectivity index (χ3v) is 4.95. The fourth-order valence-corrected chi connectivity index (χ4v) is 3.76. The maximum atomic E-state index is 13.1. The van der Waals surface area contributed by atoms with E-state index in [2.05, 4.69) is 21.1 Å². The largest absolute Gasteiger partial charge is 0.453 e. The highest BCUT2D eigenvalue weighted by Gasteiger charge is 2.38. The molecule has 0 aliphatic carbocycles. The molecule has 6 nitrogen and oxygen atoms in total. The second-order valence-electron chi connectivity index (χ2n) is 6.82. The summed E-state index contributed by atoms with van der Waals surface area (Å²) in [6.45, 7) is 2.32. The summed E-state index contributed by atoms with van der Waals surface area (Å²) in [7, 11) is 0. The molecule has 1 aliphatic heterocycles. The first-order chi connectivity index (χ1) is 13.4. The molecule has 3 aromatic rings. The van der Waals surface area contributed by atoms with Crippen LogP contribution in [-0.2, 0) is 6.18 Å². The summed E-state index contributed by atoms with van der Waals surface area (Å²) < 4.78 is 40.4. The zero-order valence-corrected chi connectivity index (χ0v) is 15.1. The number of nitrogens with zero attached hydrogens (tertiary/aromatic N) is 6. The Morgan fingerprint density at radius 2 is 1.96 bits per heavy atom. The summed E-state index contributed by atoms with van der Waals surface area (Å²) >= 11 is 0. The molecule has 0 spiro atoms. The van der Waals surface area contributed by atoms with Crippen LogP contribution >= 0.6 is 0 Å². The van der Waals surface area contributed by atoms with Gasteiger partial charge in [0.25, 0.3) is 11.6 Å². The highest BCUT2D eigenvalue weighted by Crippen LogP contribution is 2.35. The summed E-state index contributed by atoms with van der Waals surface area (Å²) in [5, 5.41) is 13.5. The highest BCUT2D eigenvalue weighted by molar-refractivity contribution is 5.51. The van der Waals surface area contributed by atoms with Crippen LogP contribution < -0.4 is 4.90 Å². The Labute approximate surface area is 159 Å². The van der Waals surface area contributed by atoms with Crippen molar-refractivity contribution in [2.24, 2.45) is 0 Å². The van der Waals surface area contributed by atoms with E-state index in [9.17, 15) is 18.4 Å². The minimum atomic E-state index is -4.65. The number of hydrogen-bond donors (Lipinski definition) is 0. The summed E-state index contributed by atoms with van der Waals surface area (Å²) in [5.74, 6) is -1.24. The average Bonchev–Trinajstić information content (AvgIpc) is 3.29. The molecule has 144 valence electrons. The molecule has 1 fully saturated rings. The van der Waals surface area contributed by atoms with Crippen LogP contribution in [0.5, 0.6) is 0 Å². The van der Waals surface area contributed by atoms with E-state index in [0.29, 0.717) is 18.1 Å². The van der Waals surface area contributed by atoms with E-state index in [1.54, 1.807) is 13.0 Å². The van der Waals surface area contributed by atoms with Crippen molar-refractivity contribution >= 4 is 11.6 Å². The number of alkyl halides is 3. The lowest BCUT2D eigenvalue weighted by Crippen LogP contribution is -2.35. The van der Waals surface area contributed by atoms with Gasteiger partial charge in [-0.2, -0.15) is 27.9 Å². The van der Waals surface area contributed by atoms with Gasteiger partial charge in [-0.1, -0.05) is 30.3 Å². The van der Waals surface area contributed by atoms with E-state index in [-0.39, 0.29) is 11.8 Å².